The van der Waals surface area contributed by atoms with Crippen LogP contribution in [0.3, 0.4) is 0 Å². The van der Waals surface area contributed by atoms with Gasteiger partial charge in [-0.05, 0) is 51.0 Å². The van der Waals surface area contributed by atoms with Crippen molar-refractivity contribution in [2.45, 2.75) is 57.1 Å². The van der Waals surface area contributed by atoms with Gasteiger partial charge in [0.05, 0.1) is 26.9 Å². The molecule has 1 saturated carbocycles. The molecule has 4 rings (SSSR count). The summed E-state index contributed by atoms with van der Waals surface area (Å²) in [5, 5.41) is 0. The molecule has 3 atom stereocenters. The Morgan fingerprint density at radius 1 is 1.19 bits per heavy atom. The van der Waals surface area contributed by atoms with Crippen molar-refractivity contribution in [3.8, 4) is 0 Å². The van der Waals surface area contributed by atoms with Gasteiger partial charge in [0.2, 0.25) is 0 Å². The predicted molar refractivity (Wildman–Crippen MR) is 120 cm³/mol. The average molecular weight is 445 g/mol. The molecule has 1 amide bonds. The predicted octanol–water partition coefficient (Wildman–Crippen LogP) is 3.18. The van der Waals surface area contributed by atoms with Gasteiger partial charge in [-0.2, -0.15) is 0 Å². The molecule has 1 aromatic rings. The molecule has 7 nitrogen and oxygen atoms in total. The number of esters is 1. The second-order valence-electron chi connectivity index (χ2n) is 9.43. The number of morpholine rings is 1. The van der Waals surface area contributed by atoms with Gasteiger partial charge >= 0.3 is 12.1 Å². The first kappa shape index (κ1) is 23.1. The molecule has 1 aliphatic carbocycles. The third kappa shape index (κ3) is 5.09. The van der Waals surface area contributed by atoms with E-state index in [0.29, 0.717) is 26.3 Å². The number of nitrogens with zero attached hydrogens (tertiary/aromatic N) is 2. The van der Waals surface area contributed by atoms with Crippen molar-refractivity contribution in [1.29, 1.82) is 0 Å². The zero-order valence-corrected chi connectivity index (χ0v) is 19.4. The van der Waals surface area contributed by atoms with Gasteiger partial charge in [-0.25, -0.2) is 4.79 Å². The van der Waals surface area contributed by atoms with Crippen LogP contribution in [-0.4, -0.2) is 80.0 Å². The number of rotatable bonds is 6. The molecule has 3 fully saturated rings. The van der Waals surface area contributed by atoms with Crippen LogP contribution in [-0.2, 0) is 25.4 Å². The summed E-state index contributed by atoms with van der Waals surface area (Å²) in [6.45, 7) is 5.89. The lowest BCUT2D eigenvalue weighted by Gasteiger charge is -2.46. The molecule has 0 radical (unpaired) electrons. The number of carbonyl (C=O) groups excluding carboxylic acids is 2. The Labute approximate surface area is 191 Å². The lowest BCUT2D eigenvalue weighted by molar-refractivity contribution is -0.175. The molecule has 0 N–H and O–H groups in total. The molecule has 176 valence electrons. The molecule has 2 saturated heterocycles. The van der Waals surface area contributed by atoms with E-state index in [1.165, 1.54) is 18.2 Å². The molecular weight excluding hydrogens is 408 g/mol. The zero-order valence-electron chi connectivity index (χ0n) is 19.4. The van der Waals surface area contributed by atoms with Crippen molar-refractivity contribution in [2.24, 2.45) is 5.92 Å². The van der Waals surface area contributed by atoms with E-state index in [0.717, 1.165) is 51.6 Å². The van der Waals surface area contributed by atoms with Gasteiger partial charge in [-0.1, -0.05) is 29.8 Å². The average Bonchev–Trinajstić information content (AvgIpc) is 3.24. The van der Waals surface area contributed by atoms with Crippen LogP contribution in [0.2, 0.25) is 0 Å². The van der Waals surface area contributed by atoms with Gasteiger partial charge < -0.3 is 19.1 Å². The summed E-state index contributed by atoms with van der Waals surface area (Å²) in [6.07, 6.45) is 4.93. The number of ether oxygens (including phenoxy) is 3. The van der Waals surface area contributed by atoms with Gasteiger partial charge in [0, 0.05) is 31.6 Å². The summed E-state index contributed by atoms with van der Waals surface area (Å²) >= 11 is 0. The van der Waals surface area contributed by atoms with E-state index in [9.17, 15) is 9.59 Å². The van der Waals surface area contributed by atoms with Gasteiger partial charge in [0.25, 0.3) is 0 Å². The highest BCUT2D eigenvalue weighted by atomic mass is 16.6. The molecule has 3 aliphatic rings. The van der Waals surface area contributed by atoms with E-state index in [1.54, 1.807) is 0 Å². The number of hydrogen-bond donors (Lipinski definition) is 0. The molecule has 1 aromatic carbocycles. The van der Waals surface area contributed by atoms with Gasteiger partial charge in [0.1, 0.15) is 5.60 Å². The van der Waals surface area contributed by atoms with Crippen molar-refractivity contribution < 1.29 is 23.8 Å². The normalized spacial score (nSPS) is 28.2. The minimum Gasteiger partial charge on any atom is -0.458 e. The van der Waals surface area contributed by atoms with Crippen molar-refractivity contribution >= 4 is 12.1 Å². The summed E-state index contributed by atoms with van der Waals surface area (Å²) in [6, 6.07) is 8.61. The summed E-state index contributed by atoms with van der Waals surface area (Å²) in [5.74, 6) is -0.0119. The number of aryl methyl sites for hydroxylation is 2. The largest absolute Gasteiger partial charge is 0.458 e. The maximum atomic E-state index is 13.1. The van der Waals surface area contributed by atoms with Crippen LogP contribution in [0.25, 0.3) is 0 Å². The highest BCUT2D eigenvalue weighted by molar-refractivity contribution is 5.72. The van der Waals surface area contributed by atoms with E-state index in [2.05, 4.69) is 36.1 Å². The Morgan fingerprint density at radius 3 is 2.75 bits per heavy atom. The molecule has 7 heteroatoms. The molecule has 0 spiro atoms. The summed E-state index contributed by atoms with van der Waals surface area (Å²) in [5.41, 5.74) is 1.96. The first-order chi connectivity index (χ1) is 15.5. The Balaban J connectivity index is 1.53. The number of amides is 1. The Kier molecular flexibility index (Phi) is 7.36. The van der Waals surface area contributed by atoms with Crippen LogP contribution < -0.4 is 0 Å². The number of fused-ring (bicyclic) bond motifs is 1. The fraction of sp³-hybridized carbons (Fsp3) is 0.680. The van der Waals surface area contributed by atoms with E-state index < -0.39 is 5.60 Å². The van der Waals surface area contributed by atoms with Gasteiger partial charge in [-0.3, -0.25) is 9.69 Å². The Hall–Kier alpha value is -2.12. The number of methoxy groups -OCH3 is 1. The second-order valence-corrected chi connectivity index (χ2v) is 9.43. The van der Waals surface area contributed by atoms with Crippen LogP contribution in [0.15, 0.2) is 24.3 Å². The standard InChI is InChI=1S/C25H36N2O5/c1-19-5-3-6-20(17-19)8-11-25(32-23(28)18-26-13-15-31-16-14-26)10-4-7-22-21(25)9-12-27(22)24(29)30-2/h3,5-6,17,21-22H,4,7-16,18H2,1-2H3/t21-,22-,25-/m1/s1. The second kappa shape index (κ2) is 10.2. The quantitative estimate of drug-likeness (QED) is 0.628. The molecular formula is C25H36N2O5. The van der Waals surface area contributed by atoms with Crippen LogP contribution in [0.4, 0.5) is 4.79 Å². The lowest BCUT2D eigenvalue weighted by atomic mass is 9.69. The molecule has 32 heavy (non-hydrogen) atoms. The lowest BCUT2D eigenvalue weighted by Crippen LogP contribution is -2.53. The van der Waals surface area contributed by atoms with Gasteiger partial charge in [0.15, 0.2) is 0 Å². The summed E-state index contributed by atoms with van der Waals surface area (Å²) in [7, 11) is 1.44. The molecule has 0 bridgehead atoms. The number of hydrogen-bond acceptors (Lipinski definition) is 6. The van der Waals surface area contributed by atoms with Gasteiger partial charge in [-0.15, -0.1) is 0 Å². The van der Waals surface area contributed by atoms with Crippen LogP contribution in [0.1, 0.15) is 43.2 Å². The third-order valence-electron chi connectivity index (χ3n) is 7.42. The fourth-order valence-corrected chi connectivity index (χ4v) is 5.88. The SMILES string of the molecule is COC(=O)N1CC[C@@H]2[C@H]1CCC[C@]2(CCc1cccc(C)c1)OC(=O)CN1CCOCC1. The zero-order chi connectivity index (χ0) is 22.6. The minimum atomic E-state index is -0.543. The summed E-state index contributed by atoms with van der Waals surface area (Å²) in [4.78, 5) is 29.4. The monoisotopic (exact) mass is 444 g/mol. The molecule has 2 aliphatic heterocycles. The first-order valence-corrected chi connectivity index (χ1v) is 11.9. The topological polar surface area (TPSA) is 68.3 Å². The number of benzene rings is 1. The van der Waals surface area contributed by atoms with Crippen molar-refractivity contribution in [2.75, 3.05) is 46.5 Å². The maximum absolute atomic E-state index is 13.1. The molecule has 0 unspecified atom stereocenters. The smallest absolute Gasteiger partial charge is 0.409 e. The van der Waals surface area contributed by atoms with E-state index >= 15 is 0 Å². The fourth-order valence-electron chi connectivity index (χ4n) is 5.88. The van der Waals surface area contributed by atoms with Crippen molar-refractivity contribution in [1.82, 2.24) is 9.80 Å². The summed E-state index contributed by atoms with van der Waals surface area (Å²) < 4.78 is 16.9. The maximum Gasteiger partial charge on any atom is 0.409 e. The molecule has 2 heterocycles. The number of likely N-dealkylation sites (tertiary alicyclic amines) is 1. The minimum absolute atomic E-state index is 0.0740. The number of carbonyl (C=O) groups is 2. The highest BCUT2D eigenvalue weighted by Gasteiger charge is 2.53. The highest BCUT2D eigenvalue weighted by Crippen LogP contribution is 2.47. The van der Waals surface area contributed by atoms with Crippen molar-refractivity contribution in [3.05, 3.63) is 35.4 Å². The first-order valence-electron chi connectivity index (χ1n) is 11.9. The Morgan fingerprint density at radius 2 is 2.00 bits per heavy atom. The van der Waals surface area contributed by atoms with E-state index in [4.69, 9.17) is 14.2 Å². The van der Waals surface area contributed by atoms with E-state index in [1.807, 2.05) is 4.90 Å². The third-order valence-corrected chi connectivity index (χ3v) is 7.42. The van der Waals surface area contributed by atoms with Crippen molar-refractivity contribution in [3.63, 3.8) is 0 Å². The van der Waals surface area contributed by atoms with Crippen LogP contribution >= 0.6 is 0 Å². The van der Waals surface area contributed by atoms with Crippen LogP contribution in [0.5, 0.6) is 0 Å². The van der Waals surface area contributed by atoms with E-state index in [-0.39, 0.29) is 24.0 Å². The molecule has 0 aromatic heterocycles. The Bertz CT molecular complexity index is 809. The van der Waals surface area contributed by atoms with Crippen LogP contribution in [0, 0.1) is 12.8 Å².